The van der Waals surface area contributed by atoms with Crippen molar-refractivity contribution in [1.29, 1.82) is 0 Å². The molecule has 0 rings (SSSR count). The highest BCUT2D eigenvalue weighted by Gasteiger charge is 2.30. The van der Waals surface area contributed by atoms with Crippen molar-refractivity contribution in [2.24, 2.45) is 5.92 Å². The highest BCUT2D eigenvalue weighted by Crippen LogP contribution is 2.45. The molecule has 0 aromatic carbocycles. The first kappa shape index (κ1) is 86.1. The topological polar surface area (TPSA) is 237 Å². The van der Waals surface area contributed by atoms with E-state index in [-0.39, 0.29) is 25.7 Å². The average molecular weight is 1300 g/mol. The van der Waals surface area contributed by atoms with Crippen LogP contribution in [0, 0.1) is 5.92 Å². The van der Waals surface area contributed by atoms with Gasteiger partial charge in [0, 0.05) is 25.7 Å². The molecule has 0 amide bonds. The molecule has 0 fully saturated rings. The van der Waals surface area contributed by atoms with Gasteiger partial charge in [0.25, 0.3) is 0 Å². The molecule has 0 bridgehead atoms. The third-order valence-corrected chi connectivity index (χ3v) is 18.3. The normalized spacial score (nSPS) is 14.4. The number of carbonyl (C=O) groups excluding carboxylic acids is 4. The summed E-state index contributed by atoms with van der Waals surface area (Å²) < 4.78 is 67.7. The molecule has 0 aromatic heterocycles. The Morgan fingerprint density at radius 1 is 0.318 bits per heavy atom. The predicted octanol–water partition coefficient (Wildman–Crippen LogP) is 19.7. The number of rotatable bonds is 69. The van der Waals surface area contributed by atoms with Crippen LogP contribution in [-0.4, -0.2) is 96.7 Å². The van der Waals surface area contributed by atoms with Gasteiger partial charge in [0.2, 0.25) is 0 Å². The molecule has 0 spiro atoms. The van der Waals surface area contributed by atoms with E-state index in [9.17, 15) is 43.2 Å². The molecule has 88 heavy (non-hydrogen) atoms. The van der Waals surface area contributed by atoms with Crippen LogP contribution in [0.2, 0.25) is 0 Å². The number of hydrogen-bond donors (Lipinski definition) is 3. The third kappa shape index (κ3) is 61.6. The summed E-state index contributed by atoms with van der Waals surface area (Å²) in [5, 5.41) is 10.5. The quantitative estimate of drug-likeness (QED) is 0.0222. The maximum Gasteiger partial charge on any atom is 0.472 e. The molecular formula is C69H134O17P2. The maximum absolute atomic E-state index is 13.0. The molecule has 3 unspecified atom stereocenters. The van der Waals surface area contributed by atoms with Crippen LogP contribution in [0.3, 0.4) is 0 Å². The molecule has 3 N–H and O–H groups in total. The smallest absolute Gasteiger partial charge is 0.462 e. The van der Waals surface area contributed by atoms with E-state index in [1.54, 1.807) is 0 Å². The van der Waals surface area contributed by atoms with Crippen molar-refractivity contribution in [3.8, 4) is 0 Å². The second kappa shape index (κ2) is 62.5. The Balaban J connectivity index is 5.03. The Labute approximate surface area is 537 Å². The van der Waals surface area contributed by atoms with Gasteiger partial charge < -0.3 is 33.8 Å². The second-order valence-corrected chi connectivity index (χ2v) is 28.1. The van der Waals surface area contributed by atoms with E-state index in [1.807, 2.05) is 0 Å². The van der Waals surface area contributed by atoms with Crippen molar-refractivity contribution in [3.63, 3.8) is 0 Å². The largest absolute Gasteiger partial charge is 0.472 e. The van der Waals surface area contributed by atoms with Gasteiger partial charge in [-0.15, -0.1) is 0 Å². The van der Waals surface area contributed by atoms with E-state index >= 15 is 0 Å². The average Bonchev–Trinajstić information content (AvgIpc) is 3.71. The van der Waals surface area contributed by atoms with E-state index < -0.39 is 97.5 Å². The minimum atomic E-state index is -4.95. The van der Waals surface area contributed by atoms with Crippen molar-refractivity contribution in [1.82, 2.24) is 0 Å². The van der Waals surface area contributed by atoms with Crippen LogP contribution in [0.1, 0.15) is 356 Å². The summed E-state index contributed by atoms with van der Waals surface area (Å²) in [5.74, 6) is -1.28. The molecule has 0 radical (unpaired) electrons. The first-order valence-electron chi connectivity index (χ1n) is 36.2. The van der Waals surface area contributed by atoms with Crippen molar-refractivity contribution < 1.29 is 80.2 Å². The van der Waals surface area contributed by atoms with Gasteiger partial charge in [-0.3, -0.25) is 37.3 Å². The molecule has 17 nitrogen and oxygen atoms in total. The fourth-order valence-electron chi connectivity index (χ4n) is 10.4. The number of esters is 4. The number of aliphatic hydroxyl groups excluding tert-OH is 1. The summed E-state index contributed by atoms with van der Waals surface area (Å²) in [6.45, 7) is 7.12. The second-order valence-electron chi connectivity index (χ2n) is 25.2. The van der Waals surface area contributed by atoms with Gasteiger partial charge >= 0.3 is 39.5 Å². The SMILES string of the molecule is CCCCCCCCCCCCCCCCCCC(=O)OC[C@H](COP(=O)(O)OC[C@@H](O)COP(=O)(O)OC[C@@H](COC(=O)CCCCCCC)OC(=O)CCCCCCC)OC(=O)CCCCCCCCCCCCCCCCCCCCC(C)CC. The molecular weight excluding hydrogens is 1160 g/mol. The fraction of sp³-hybridized carbons (Fsp3) is 0.942. The van der Waals surface area contributed by atoms with Crippen LogP contribution >= 0.6 is 15.6 Å². The first-order chi connectivity index (χ1) is 42.6. The molecule has 0 heterocycles. The van der Waals surface area contributed by atoms with Gasteiger partial charge in [0.1, 0.15) is 19.3 Å². The standard InChI is InChI=1S/C69H134O17P2/c1-6-10-13-16-17-18-19-20-21-27-30-33-36-39-44-48-53-67(72)80-59-65(86-69(74)55-50-45-40-37-34-31-28-25-23-22-24-26-29-32-35-38-43-46-51-62(5)9-4)61-84-88(77,78)82-57-63(70)56-81-87(75,76)83-60-64(85-68(73)54-49-42-15-12-8-3)58-79-66(71)52-47-41-14-11-7-2/h62-65,70H,6-61H2,1-5H3,(H,75,76)(H,77,78)/t62?,63-,64+,65+/m0/s1. The fourth-order valence-corrected chi connectivity index (χ4v) is 12.0. The van der Waals surface area contributed by atoms with E-state index in [2.05, 4.69) is 34.6 Å². The molecule has 0 aliphatic heterocycles. The van der Waals surface area contributed by atoms with Crippen LogP contribution in [0.5, 0.6) is 0 Å². The van der Waals surface area contributed by atoms with Crippen molar-refractivity contribution in [2.75, 3.05) is 39.6 Å². The number of unbranched alkanes of at least 4 members (excludes halogenated alkanes) is 40. The molecule has 6 atom stereocenters. The zero-order chi connectivity index (χ0) is 64.9. The van der Waals surface area contributed by atoms with Crippen LogP contribution in [0.25, 0.3) is 0 Å². The summed E-state index contributed by atoms with van der Waals surface area (Å²) in [5.41, 5.74) is 0. The Hall–Kier alpha value is -1.94. The number of aliphatic hydroxyl groups is 1. The lowest BCUT2D eigenvalue weighted by atomic mass is 9.99. The zero-order valence-corrected chi connectivity index (χ0v) is 58.6. The van der Waals surface area contributed by atoms with Crippen LogP contribution in [0.15, 0.2) is 0 Å². The number of hydrogen-bond acceptors (Lipinski definition) is 15. The lowest BCUT2D eigenvalue weighted by Crippen LogP contribution is -2.30. The van der Waals surface area contributed by atoms with Gasteiger partial charge in [-0.25, -0.2) is 9.13 Å². The Bertz CT molecular complexity index is 1710. The third-order valence-electron chi connectivity index (χ3n) is 16.4. The van der Waals surface area contributed by atoms with Gasteiger partial charge in [-0.1, -0.05) is 304 Å². The monoisotopic (exact) mass is 1300 g/mol. The summed E-state index contributed by atoms with van der Waals surface area (Å²) in [6.07, 6.45) is 49.6. The molecule has 522 valence electrons. The van der Waals surface area contributed by atoms with E-state index in [4.69, 9.17) is 37.0 Å². The van der Waals surface area contributed by atoms with Crippen LogP contribution in [0.4, 0.5) is 0 Å². The minimum absolute atomic E-state index is 0.0991. The van der Waals surface area contributed by atoms with Gasteiger partial charge in [0.05, 0.1) is 26.4 Å². The summed E-state index contributed by atoms with van der Waals surface area (Å²) in [6, 6.07) is 0. The number of ether oxygens (including phenoxy) is 4. The van der Waals surface area contributed by atoms with Crippen molar-refractivity contribution in [2.45, 2.75) is 374 Å². The molecule has 0 aromatic rings. The van der Waals surface area contributed by atoms with Crippen LogP contribution in [-0.2, 0) is 65.4 Å². The van der Waals surface area contributed by atoms with Crippen LogP contribution < -0.4 is 0 Å². The van der Waals surface area contributed by atoms with Gasteiger partial charge in [0.15, 0.2) is 12.2 Å². The summed E-state index contributed by atoms with van der Waals surface area (Å²) in [7, 11) is -9.87. The minimum Gasteiger partial charge on any atom is -0.462 e. The summed E-state index contributed by atoms with van der Waals surface area (Å²) >= 11 is 0. The molecule has 0 saturated heterocycles. The highest BCUT2D eigenvalue weighted by molar-refractivity contribution is 7.47. The van der Waals surface area contributed by atoms with Crippen molar-refractivity contribution >= 4 is 39.5 Å². The van der Waals surface area contributed by atoms with Gasteiger partial charge in [-0.05, 0) is 31.6 Å². The lowest BCUT2D eigenvalue weighted by molar-refractivity contribution is -0.161. The van der Waals surface area contributed by atoms with E-state index in [0.717, 1.165) is 102 Å². The summed E-state index contributed by atoms with van der Waals surface area (Å²) in [4.78, 5) is 71.9. The number of phosphoric acid groups is 2. The Morgan fingerprint density at radius 3 is 0.807 bits per heavy atom. The highest BCUT2D eigenvalue weighted by atomic mass is 31.2. The molecule has 19 heteroatoms. The number of carbonyl (C=O) groups is 4. The van der Waals surface area contributed by atoms with Gasteiger partial charge in [-0.2, -0.15) is 0 Å². The van der Waals surface area contributed by atoms with Crippen molar-refractivity contribution in [3.05, 3.63) is 0 Å². The molecule has 0 aliphatic rings. The first-order valence-corrected chi connectivity index (χ1v) is 39.2. The van der Waals surface area contributed by atoms with E-state index in [0.29, 0.717) is 25.7 Å². The zero-order valence-electron chi connectivity index (χ0n) is 56.9. The van der Waals surface area contributed by atoms with E-state index in [1.165, 1.54) is 173 Å². The Kier molecular flexibility index (Phi) is 61.1. The number of phosphoric ester groups is 2. The molecule has 0 aliphatic carbocycles. The maximum atomic E-state index is 13.0. The molecule has 0 saturated carbocycles. The lowest BCUT2D eigenvalue weighted by Gasteiger charge is -2.21. The predicted molar refractivity (Wildman–Crippen MR) is 354 cm³/mol. The Morgan fingerprint density at radius 2 is 0.545 bits per heavy atom.